The Morgan fingerprint density at radius 3 is 2.81 bits per heavy atom. The maximum atomic E-state index is 5.08. The Balaban J connectivity index is 2.02. The summed E-state index contributed by atoms with van der Waals surface area (Å²) in [6.45, 7) is 3.69. The van der Waals surface area contributed by atoms with Gasteiger partial charge in [-0.05, 0) is 12.0 Å². The van der Waals surface area contributed by atoms with E-state index < -0.39 is 0 Å². The zero-order valence-corrected chi connectivity index (χ0v) is 13.0. The van der Waals surface area contributed by atoms with Crippen LogP contribution in [0.5, 0.6) is 0 Å². The highest BCUT2D eigenvalue weighted by molar-refractivity contribution is 5.41. The molecule has 0 saturated heterocycles. The van der Waals surface area contributed by atoms with Gasteiger partial charge in [-0.15, -0.1) is 0 Å². The van der Waals surface area contributed by atoms with E-state index in [1.807, 2.05) is 17.1 Å². The number of nitrogens with one attached hydrogen (secondary N) is 1. The number of ether oxygens (including phenoxy) is 1. The van der Waals surface area contributed by atoms with E-state index in [0.717, 1.165) is 18.7 Å². The molecule has 2 aromatic rings. The summed E-state index contributed by atoms with van der Waals surface area (Å²) in [4.78, 5) is 0. The topological polar surface area (TPSA) is 39.1 Å². The minimum Gasteiger partial charge on any atom is -0.383 e. The molecule has 1 atom stereocenters. The number of unbranched alkanes of at least 4 members (excludes halogenated alkanes) is 1. The Labute approximate surface area is 127 Å². The summed E-state index contributed by atoms with van der Waals surface area (Å²) in [7, 11) is 1.71. The summed E-state index contributed by atoms with van der Waals surface area (Å²) in [5, 5.41) is 7.96. The molecule has 0 spiro atoms. The highest BCUT2D eigenvalue weighted by atomic mass is 16.5. The lowest BCUT2D eigenvalue weighted by molar-refractivity contribution is 0.183. The average Bonchev–Trinajstić information content (AvgIpc) is 2.97. The van der Waals surface area contributed by atoms with Gasteiger partial charge < -0.3 is 10.1 Å². The Hall–Kier alpha value is -1.81. The van der Waals surface area contributed by atoms with Crippen LogP contribution in [0.25, 0.3) is 0 Å². The first kappa shape index (κ1) is 15.6. The van der Waals surface area contributed by atoms with Gasteiger partial charge in [-0.3, -0.25) is 4.68 Å². The lowest BCUT2D eigenvalue weighted by Gasteiger charge is -2.19. The molecule has 1 aromatic carbocycles. The van der Waals surface area contributed by atoms with E-state index in [0.29, 0.717) is 12.6 Å². The van der Waals surface area contributed by atoms with Crippen LogP contribution < -0.4 is 5.32 Å². The van der Waals surface area contributed by atoms with Gasteiger partial charge in [0, 0.05) is 13.3 Å². The first-order valence-corrected chi connectivity index (χ1v) is 7.66. The van der Waals surface area contributed by atoms with Gasteiger partial charge in [0.15, 0.2) is 0 Å². The minimum atomic E-state index is 0.339. The number of rotatable bonds is 9. The van der Waals surface area contributed by atoms with E-state index in [1.54, 1.807) is 7.11 Å². The zero-order chi connectivity index (χ0) is 14.9. The molecule has 4 heteroatoms. The number of hydrogen-bond acceptors (Lipinski definition) is 3. The molecule has 0 aliphatic heterocycles. The fraction of sp³-hybridized carbons (Fsp3) is 0.471. The van der Waals surface area contributed by atoms with E-state index in [4.69, 9.17) is 4.74 Å². The maximum Gasteiger partial charge on any atom is 0.0731 e. The molecule has 0 fully saturated rings. The van der Waals surface area contributed by atoms with Crippen LogP contribution in [-0.4, -0.2) is 23.5 Å². The van der Waals surface area contributed by atoms with Crippen molar-refractivity contribution < 1.29 is 4.74 Å². The zero-order valence-electron chi connectivity index (χ0n) is 13.0. The van der Waals surface area contributed by atoms with Crippen LogP contribution in [0.3, 0.4) is 0 Å². The van der Waals surface area contributed by atoms with Gasteiger partial charge in [0.25, 0.3) is 0 Å². The predicted octanol–water partition coefficient (Wildman–Crippen LogP) is 3.87. The molecular formula is C17H25N3O. The molecule has 1 N–H and O–H groups in total. The lowest BCUT2D eigenvalue weighted by atomic mass is 10.0. The number of anilines is 1. The number of benzene rings is 1. The Morgan fingerprint density at radius 2 is 2.10 bits per heavy atom. The third kappa shape index (κ3) is 4.90. The van der Waals surface area contributed by atoms with Crippen molar-refractivity contribution in [3.63, 3.8) is 0 Å². The van der Waals surface area contributed by atoms with E-state index in [9.17, 15) is 0 Å². The first-order chi connectivity index (χ1) is 10.3. The second-order valence-corrected chi connectivity index (χ2v) is 5.23. The van der Waals surface area contributed by atoms with Crippen LogP contribution in [0.15, 0.2) is 42.7 Å². The van der Waals surface area contributed by atoms with Crippen molar-refractivity contribution in [1.29, 1.82) is 0 Å². The second kappa shape index (κ2) is 8.47. The molecule has 0 aliphatic carbocycles. The Morgan fingerprint density at radius 1 is 1.29 bits per heavy atom. The van der Waals surface area contributed by atoms with E-state index in [1.165, 1.54) is 18.4 Å². The SMILES string of the molecule is CCCCC(Nc1cnn(CCOC)c1)c1ccccc1. The number of nitrogens with zero attached hydrogens (tertiary/aromatic N) is 2. The third-order valence-corrected chi connectivity index (χ3v) is 3.55. The van der Waals surface area contributed by atoms with E-state index >= 15 is 0 Å². The van der Waals surface area contributed by atoms with Gasteiger partial charge in [-0.2, -0.15) is 5.10 Å². The maximum absolute atomic E-state index is 5.08. The molecule has 1 unspecified atom stereocenters. The van der Waals surface area contributed by atoms with Crippen LogP contribution in [0, 0.1) is 0 Å². The van der Waals surface area contributed by atoms with Crippen LogP contribution >= 0.6 is 0 Å². The summed E-state index contributed by atoms with van der Waals surface area (Å²) in [6.07, 6.45) is 7.48. The van der Waals surface area contributed by atoms with Crippen molar-refractivity contribution in [2.24, 2.45) is 0 Å². The van der Waals surface area contributed by atoms with Crippen LogP contribution in [-0.2, 0) is 11.3 Å². The molecular weight excluding hydrogens is 262 g/mol. The second-order valence-electron chi connectivity index (χ2n) is 5.23. The molecule has 0 amide bonds. The predicted molar refractivity (Wildman–Crippen MR) is 86.4 cm³/mol. The number of hydrogen-bond donors (Lipinski definition) is 1. The largest absolute Gasteiger partial charge is 0.383 e. The molecule has 2 rings (SSSR count). The number of methoxy groups -OCH3 is 1. The lowest BCUT2D eigenvalue weighted by Crippen LogP contribution is -2.10. The summed E-state index contributed by atoms with van der Waals surface area (Å²) >= 11 is 0. The van der Waals surface area contributed by atoms with E-state index in [2.05, 4.69) is 47.7 Å². The first-order valence-electron chi connectivity index (χ1n) is 7.66. The van der Waals surface area contributed by atoms with Gasteiger partial charge in [0.2, 0.25) is 0 Å². The molecule has 0 radical (unpaired) electrons. The molecule has 1 heterocycles. The van der Waals surface area contributed by atoms with Crippen molar-refractivity contribution >= 4 is 5.69 Å². The monoisotopic (exact) mass is 287 g/mol. The molecule has 4 nitrogen and oxygen atoms in total. The number of aromatic nitrogens is 2. The van der Waals surface area contributed by atoms with E-state index in [-0.39, 0.29) is 0 Å². The van der Waals surface area contributed by atoms with Gasteiger partial charge in [0.05, 0.1) is 31.1 Å². The highest BCUT2D eigenvalue weighted by Gasteiger charge is 2.11. The van der Waals surface area contributed by atoms with Crippen molar-refractivity contribution in [3.8, 4) is 0 Å². The molecule has 21 heavy (non-hydrogen) atoms. The third-order valence-electron chi connectivity index (χ3n) is 3.55. The van der Waals surface area contributed by atoms with Gasteiger partial charge >= 0.3 is 0 Å². The Kier molecular flexibility index (Phi) is 6.28. The standard InChI is InChI=1S/C17H25N3O/c1-3-4-10-17(15-8-6-5-7-9-15)19-16-13-18-20(14-16)11-12-21-2/h5-9,13-14,17,19H,3-4,10-12H2,1-2H3. The molecule has 0 saturated carbocycles. The van der Waals surface area contributed by atoms with Crippen molar-refractivity contribution in [1.82, 2.24) is 9.78 Å². The normalized spacial score (nSPS) is 12.3. The van der Waals surface area contributed by atoms with Gasteiger partial charge in [-0.1, -0.05) is 50.1 Å². The quantitative estimate of drug-likeness (QED) is 0.761. The summed E-state index contributed by atoms with van der Waals surface area (Å²) in [5.74, 6) is 0. The van der Waals surface area contributed by atoms with Crippen molar-refractivity contribution in [3.05, 3.63) is 48.3 Å². The molecule has 0 aliphatic rings. The van der Waals surface area contributed by atoms with Gasteiger partial charge in [-0.25, -0.2) is 0 Å². The van der Waals surface area contributed by atoms with Crippen LogP contribution in [0.1, 0.15) is 37.8 Å². The van der Waals surface area contributed by atoms with Crippen LogP contribution in [0.4, 0.5) is 5.69 Å². The molecule has 114 valence electrons. The molecule has 1 aromatic heterocycles. The van der Waals surface area contributed by atoms with Crippen molar-refractivity contribution in [2.75, 3.05) is 19.0 Å². The van der Waals surface area contributed by atoms with Gasteiger partial charge in [0.1, 0.15) is 0 Å². The summed E-state index contributed by atoms with van der Waals surface area (Å²) in [6, 6.07) is 11.0. The van der Waals surface area contributed by atoms with Crippen LogP contribution in [0.2, 0.25) is 0 Å². The highest BCUT2D eigenvalue weighted by Crippen LogP contribution is 2.24. The summed E-state index contributed by atoms with van der Waals surface area (Å²) in [5.41, 5.74) is 2.40. The average molecular weight is 287 g/mol. The van der Waals surface area contributed by atoms with Crippen molar-refractivity contribution in [2.45, 2.75) is 38.8 Å². The fourth-order valence-corrected chi connectivity index (χ4v) is 2.36. The Bertz CT molecular complexity index is 510. The molecule has 0 bridgehead atoms. The summed E-state index contributed by atoms with van der Waals surface area (Å²) < 4.78 is 6.99. The fourth-order valence-electron chi connectivity index (χ4n) is 2.36. The minimum absolute atomic E-state index is 0.339. The smallest absolute Gasteiger partial charge is 0.0731 e.